The van der Waals surface area contributed by atoms with Crippen molar-refractivity contribution < 1.29 is 4.42 Å². The highest BCUT2D eigenvalue weighted by molar-refractivity contribution is 5.36. The Morgan fingerprint density at radius 3 is 2.88 bits per heavy atom. The van der Waals surface area contributed by atoms with E-state index >= 15 is 0 Å². The van der Waals surface area contributed by atoms with Crippen molar-refractivity contribution in [1.29, 1.82) is 0 Å². The predicted octanol–water partition coefficient (Wildman–Crippen LogP) is 2.40. The van der Waals surface area contributed by atoms with Crippen LogP contribution in [0.15, 0.2) is 27.5 Å². The van der Waals surface area contributed by atoms with Crippen LogP contribution in [0.2, 0.25) is 0 Å². The zero-order valence-electron chi connectivity index (χ0n) is 14.6. The molecule has 5 rings (SSSR count). The van der Waals surface area contributed by atoms with E-state index < -0.39 is 0 Å². The Bertz CT molecular complexity index is 969. The topological polar surface area (TPSA) is 92.3 Å². The van der Waals surface area contributed by atoms with Crippen LogP contribution in [0.4, 0.5) is 0 Å². The van der Waals surface area contributed by atoms with E-state index in [9.17, 15) is 4.79 Å². The molecule has 1 saturated heterocycles. The highest BCUT2D eigenvalue weighted by Gasteiger charge is 2.31. The van der Waals surface area contributed by atoms with Crippen molar-refractivity contribution in [2.24, 2.45) is 0 Å². The third-order valence-electron chi connectivity index (χ3n) is 5.61. The summed E-state index contributed by atoms with van der Waals surface area (Å²) >= 11 is 0. The van der Waals surface area contributed by atoms with Gasteiger partial charge in [-0.25, -0.2) is 9.50 Å². The van der Waals surface area contributed by atoms with Crippen LogP contribution in [0.3, 0.4) is 0 Å². The number of nitrogens with zero attached hydrogens (tertiary/aromatic N) is 5. The maximum atomic E-state index is 12.2. The van der Waals surface area contributed by atoms with Gasteiger partial charge in [-0.1, -0.05) is 12.8 Å². The van der Waals surface area contributed by atoms with Crippen LogP contribution < -0.4 is 5.56 Å². The second kappa shape index (κ2) is 6.35. The molecule has 1 saturated carbocycles. The van der Waals surface area contributed by atoms with Gasteiger partial charge in [-0.15, -0.1) is 10.2 Å². The summed E-state index contributed by atoms with van der Waals surface area (Å²) in [5, 5.41) is 11.5. The molecule has 0 radical (unpaired) electrons. The highest BCUT2D eigenvalue weighted by Crippen LogP contribution is 2.37. The fraction of sp³-hybridized carbons (Fsp3) is 0.556. The molecule has 1 aliphatic carbocycles. The third-order valence-corrected chi connectivity index (χ3v) is 5.61. The number of hydrogen-bond acceptors (Lipinski definition) is 6. The normalized spacial score (nSPS) is 21.9. The summed E-state index contributed by atoms with van der Waals surface area (Å²) in [6.45, 7) is 1.56. The van der Waals surface area contributed by atoms with Crippen LogP contribution in [0.1, 0.15) is 68.0 Å². The summed E-state index contributed by atoms with van der Waals surface area (Å²) in [5.41, 5.74) is 1.33. The fourth-order valence-corrected chi connectivity index (χ4v) is 3.93. The number of aromatic amines is 1. The van der Waals surface area contributed by atoms with Gasteiger partial charge in [0.1, 0.15) is 0 Å². The Morgan fingerprint density at radius 2 is 2.04 bits per heavy atom. The van der Waals surface area contributed by atoms with Gasteiger partial charge in [-0.05, 0) is 32.2 Å². The second-order valence-corrected chi connectivity index (χ2v) is 7.33. The average Bonchev–Trinajstić information content (AvgIpc) is 3.23. The molecule has 0 amide bonds. The number of aromatic nitrogens is 5. The maximum absolute atomic E-state index is 12.2. The molecule has 1 N–H and O–H groups in total. The van der Waals surface area contributed by atoms with E-state index in [0.717, 1.165) is 50.2 Å². The van der Waals surface area contributed by atoms with Gasteiger partial charge in [0.15, 0.2) is 5.65 Å². The van der Waals surface area contributed by atoms with Crippen molar-refractivity contribution in [3.05, 3.63) is 46.2 Å². The number of H-pyrrole nitrogens is 1. The molecule has 3 aromatic heterocycles. The molecule has 0 bridgehead atoms. The molecular formula is C18H22N6O2. The number of hydrogen-bond donors (Lipinski definition) is 1. The molecule has 3 aromatic rings. The van der Waals surface area contributed by atoms with Crippen molar-refractivity contribution in [3.8, 4) is 0 Å². The molecule has 2 fully saturated rings. The summed E-state index contributed by atoms with van der Waals surface area (Å²) in [4.78, 5) is 19.1. The molecular weight excluding hydrogens is 332 g/mol. The first-order valence-electron chi connectivity index (χ1n) is 9.41. The molecule has 0 spiro atoms. The Labute approximate surface area is 150 Å². The second-order valence-electron chi connectivity index (χ2n) is 7.33. The smallest absolute Gasteiger partial charge is 0.272 e. The van der Waals surface area contributed by atoms with Gasteiger partial charge < -0.3 is 4.42 Å². The number of piperidine rings is 1. The summed E-state index contributed by atoms with van der Waals surface area (Å²) in [6, 6.07) is 3.51. The lowest BCUT2D eigenvalue weighted by Crippen LogP contribution is -2.34. The minimum atomic E-state index is -0.0892. The Kier molecular flexibility index (Phi) is 3.85. The fourth-order valence-electron chi connectivity index (χ4n) is 3.93. The van der Waals surface area contributed by atoms with E-state index in [1.54, 1.807) is 12.3 Å². The van der Waals surface area contributed by atoms with Crippen LogP contribution in [0.25, 0.3) is 5.65 Å². The lowest BCUT2D eigenvalue weighted by Gasteiger charge is -2.33. The molecule has 0 unspecified atom stereocenters. The van der Waals surface area contributed by atoms with Gasteiger partial charge in [0, 0.05) is 30.8 Å². The molecule has 4 heterocycles. The highest BCUT2D eigenvalue weighted by atomic mass is 16.4. The molecule has 8 heteroatoms. The monoisotopic (exact) mass is 354 g/mol. The number of fused-ring (bicyclic) bond motifs is 1. The minimum Gasteiger partial charge on any atom is -0.423 e. The summed E-state index contributed by atoms with van der Waals surface area (Å²) in [6.07, 6.45) is 8.55. The number of likely N-dealkylation sites (tertiary alicyclic amines) is 1. The van der Waals surface area contributed by atoms with Gasteiger partial charge in [-0.3, -0.25) is 14.8 Å². The van der Waals surface area contributed by atoms with Crippen LogP contribution in [0.5, 0.6) is 0 Å². The first kappa shape index (κ1) is 15.7. The average molecular weight is 354 g/mol. The molecule has 136 valence electrons. The van der Waals surface area contributed by atoms with Gasteiger partial charge in [0.25, 0.3) is 5.56 Å². The lowest BCUT2D eigenvalue weighted by atomic mass is 9.85. The first-order valence-corrected chi connectivity index (χ1v) is 9.41. The third kappa shape index (κ3) is 2.74. The van der Waals surface area contributed by atoms with Crippen LogP contribution >= 0.6 is 0 Å². The van der Waals surface area contributed by atoms with Crippen molar-refractivity contribution in [3.63, 3.8) is 0 Å². The van der Waals surface area contributed by atoms with Crippen molar-refractivity contribution in [2.75, 3.05) is 6.54 Å². The van der Waals surface area contributed by atoms with E-state index in [0.29, 0.717) is 24.0 Å². The zero-order chi connectivity index (χ0) is 17.5. The number of rotatable bonds is 4. The Hall–Kier alpha value is -2.48. The zero-order valence-corrected chi connectivity index (χ0v) is 14.6. The Morgan fingerprint density at radius 1 is 1.15 bits per heavy atom. The summed E-state index contributed by atoms with van der Waals surface area (Å²) in [5.74, 6) is 1.96. The quantitative estimate of drug-likeness (QED) is 0.773. The molecule has 8 nitrogen and oxygen atoms in total. The van der Waals surface area contributed by atoms with Crippen LogP contribution in [-0.2, 0) is 6.54 Å². The van der Waals surface area contributed by atoms with Gasteiger partial charge in [0.2, 0.25) is 11.8 Å². The Balaban J connectivity index is 1.40. The van der Waals surface area contributed by atoms with E-state index in [1.165, 1.54) is 10.9 Å². The van der Waals surface area contributed by atoms with E-state index in [1.807, 2.05) is 6.07 Å². The van der Waals surface area contributed by atoms with Crippen LogP contribution in [-0.4, -0.2) is 36.2 Å². The summed E-state index contributed by atoms with van der Waals surface area (Å²) < 4.78 is 7.47. The van der Waals surface area contributed by atoms with Crippen molar-refractivity contribution in [2.45, 2.75) is 57.0 Å². The molecule has 2 aliphatic rings. The standard InChI is InChI=1S/C18H22N6O2/c25-16-10-13(20-15-7-8-19-24(15)16)11-23-9-2-1-6-14(23)18-22-21-17(26-18)12-4-3-5-12/h7-8,10,12,14,19H,1-6,9,11H2/t14-/m1/s1. The number of nitrogens with one attached hydrogen (secondary N) is 1. The van der Waals surface area contributed by atoms with Gasteiger partial charge in [-0.2, -0.15) is 0 Å². The SMILES string of the molecule is O=c1cc(CN2CCCC[C@@H]2c2nnc(C3CCC3)o2)nc2cc[nH]n12. The minimum absolute atomic E-state index is 0.0892. The molecule has 1 atom stereocenters. The van der Waals surface area contributed by atoms with Crippen molar-refractivity contribution in [1.82, 2.24) is 29.7 Å². The lowest BCUT2D eigenvalue weighted by molar-refractivity contribution is 0.114. The largest absolute Gasteiger partial charge is 0.423 e. The van der Waals surface area contributed by atoms with Gasteiger partial charge in [0.05, 0.1) is 11.7 Å². The predicted molar refractivity (Wildman–Crippen MR) is 93.7 cm³/mol. The molecule has 26 heavy (non-hydrogen) atoms. The van der Waals surface area contributed by atoms with Crippen molar-refractivity contribution >= 4 is 5.65 Å². The van der Waals surface area contributed by atoms with Crippen LogP contribution in [0, 0.1) is 0 Å². The van der Waals surface area contributed by atoms with E-state index in [2.05, 4.69) is 25.2 Å². The van der Waals surface area contributed by atoms with E-state index in [4.69, 9.17) is 4.42 Å². The maximum Gasteiger partial charge on any atom is 0.272 e. The van der Waals surface area contributed by atoms with Gasteiger partial charge >= 0.3 is 0 Å². The molecule has 0 aromatic carbocycles. The molecule has 1 aliphatic heterocycles. The van der Waals surface area contributed by atoms with E-state index in [-0.39, 0.29) is 11.6 Å². The first-order chi connectivity index (χ1) is 12.8. The summed E-state index contributed by atoms with van der Waals surface area (Å²) in [7, 11) is 0.